The number of fused-ring (bicyclic) bond motifs is 14. The van der Waals surface area contributed by atoms with Gasteiger partial charge in [-0.2, -0.15) is 5.26 Å². The summed E-state index contributed by atoms with van der Waals surface area (Å²) in [6.45, 7) is 8.46. The molecule has 6 heteroatoms. The van der Waals surface area contributed by atoms with Crippen molar-refractivity contribution in [2.75, 3.05) is 0 Å². The van der Waals surface area contributed by atoms with Crippen molar-refractivity contribution in [1.82, 2.24) is 9.13 Å². The molecule has 6 nitrogen and oxygen atoms in total. The second-order valence-electron chi connectivity index (χ2n) is 12.7. The van der Waals surface area contributed by atoms with Crippen molar-refractivity contribution in [3.8, 4) is 17.4 Å². The maximum atomic E-state index is 10.8. The lowest BCUT2D eigenvalue weighted by molar-refractivity contribution is 0.672. The Balaban J connectivity index is 1.23. The molecule has 11 aromatic rings. The molecule has 0 atom stereocenters. The van der Waals surface area contributed by atoms with E-state index >= 15 is 0 Å². The first-order chi connectivity index (χ1) is 24.7. The van der Waals surface area contributed by atoms with E-state index in [0.29, 0.717) is 16.9 Å². The van der Waals surface area contributed by atoms with Crippen LogP contribution in [0.3, 0.4) is 0 Å². The first kappa shape index (κ1) is 26.8. The Bertz CT molecular complexity index is 3320. The number of rotatable bonds is 2. The Labute approximate surface area is 283 Å². The maximum absolute atomic E-state index is 10.8. The number of hydrogen-bond donors (Lipinski definition) is 0. The molecule has 0 saturated heterocycles. The quantitative estimate of drug-likeness (QED) is 0.177. The standard InChI is InChI=1S/C44H22N4O2/c1-46-33-23-26(47-34-14-6-2-12-31(34)40-36(47)20-18-29-27-10-4-8-16-38(27)49-43(29)40)22-25(24-45)42(33)48-35-15-7-3-13-32(35)41-37(48)21-19-30-28-11-5-9-17-39(28)50-44(30)41/h2-23H. The molecular formula is C44H22N4O2. The van der Waals surface area contributed by atoms with E-state index in [-0.39, 0.29) is 0 Å². The van der Waals surface area contributed by atoms with E-state index < -0.39 is 0 Å². The van der Waals surface area contributed by atoms with Gasteiger partial charge in [0.25, 0.3) is 0 Å². The number of benzene rings is 7. The zero-order chi connectivity index (χ0) is 33.1. The number of nitriles is 1. The summed E-state index contributed by atoms with van der Waals surface area (Å²) in [5.74, 6) is 0. The van der Waals surface area contributed by atoms with Gasteiger partial charge in [0.1, 0.15) is 28.4 Å². The third-order valence-corrected chi connectivity index (χ3v) is 10.2. The molecule has 0 radical (unpaired) electrons. The van der Waals surface area contributed by atoms with Gasteiger partial charge >= 0.3 is 0 Å². The molecule has 4 heterocycles. The van der Waals surface area contributed by atoms with Crippen LogP contribution >= 0.6 is 0 Å². The normalized spacial score (nSPS) is 12.0. The van der Waals surface area contributed by atoms with Gasteiger partial charge in [0.15, 0.2) is 0 Å². The minimum atomic E-state index is 0.377. The van der Waals surface area contributed by atoms with E-state index in [2.05, 4.69) is 74.6 Å². The van der Waals surface area contributed by atoms with Crippen LogP contribution in [0.25, 0.3) is 104 Å². The zero-order valence-electron chi connectivity index (χ0n) is 26.3. The molecular weight excluding hydrogens is 617 g/mol. The van der Waals surface area contributed by atoms with Gasteiger partial charge in [-0.25, -0.2) is 4.85 Å². The minimum Gasteiger partial charge on any atom is -0.455 e. The largest absolute Gasteiger partial charge is 0.455 e. The van der Waals surface area contributed by atoms with Gasteiger partial charge in [0, 0.05) is 38.0 Å². The molecule has 0 spiro atoms. The van der Waals surface area contributed by atoms with Crippen molar-refractivity contribution < 1.29 is 8.83 Å². The molecule has 0 bridgehead atoms. The highest BCUT2D eigenvalue weighted by atomic mass is 16.3. The fourth-order valence-corrected chi connectivity index (χ4v) is 8.13. The van der Waals surface area contributed by atoms with Gasteiger partial charge in [-0.3, -0.25) is 0 Å². The van der Waals surface area contributed by atoms with Gasteiger partial charge in [0.05, 0.1) is 50.7 Å². The molecule has 11 rings (SSSR count). The van der Waals surface area contributed by atoms with Crippen LogP contribution < -0.4 is 0 Å². The summed E-state index contributed by atoms with van der Waals surface area (Å²) in [5.41, 5.74) is 9.01. The number of aromatic nitrogens is 2. The van der Waals surface area contributed by atoms with Gasteiger partial charge < -0.3 is 18.0 Å². The van der Waals surface area contributed by atoms with E-state index in [0.717, 1.165) is 93.2 Å². The Kier molecular flexibility index (Phi) is 5.16. The fraction of sp³-hybridized carbons (Fsp3) is 0. The maximum Gasteiger partial charge on any atom is 0.214 e. The summed E-state index contributed by atoms with van der Waals surface area (Å²) in [6.07, 6.45) is 0. The SMILES string of the molecule is [C-]#[N+]c1cc(-n2c3ccccc3c3c4oc5ccccc5c4ccc32)cc(C#N)c1-n1c2ccccc2c2c3oc4ccccc4c3ccc21. The molecule has 0 fully saturated rings. The van der Waals surface area contributed by atoms with E-state index in [1.807, 2.05) is 78.9 Å². The van der Waals surface area contributed by atoms with Crippen LogP contribution in [0.4, 0.5) is 5.69 Å². The molecule has 0 unspecified atom stereocenters. The number of furan rings is 2. The molecule has 0 aliphatic heterocycles. The highest BCUT2D eigenvalue weighted by Gasteiger charge is 2.24. The molecule has 0 aliphatic rings. The first-order valence-electron chi connectivity index (χ1n) is 16.4. The number of nitrogens with zero attached hydrogens (tertiary/aromatic N) is 4. The van der Waals surface area contributed by atoms with Crippen molar-refractivity contribution in [2.24, 2.45) is 0 Å². The highest BCUT2D eigenvalue weighted by molar-refractivity contribution is 6.25. The smallest absolute Gasteiger partial charge is 0.214 e. The van der Waals surface area contributed by atoms with Crippen LogP contribution in [0.15, 0.2) is 142 Å². The van der Waals surface area contributed by atoms with Gasteiger partial charge in [-0.1, -0.05) is 72.8 Å². The average molecular weight is 639 g/mol. The van der Waals surface area contributed by atoms with Crippen LogP contribution in [-0.4, -0.2) is 9.13 Å². The summed E-state index contributed by atoms with van der Waals surface area (Å²) in [4.78, 5) is 4.08. The van der Waals surface area contributed by atoms with Crippen molar-refractivity contribution >= 4 is 93.2 Å². The lowest BCUT2D eigenvalue weighted by Gasteiger charge is -2.16. The Morgan fingerprint density at radius 3 is 1.58 bits per heavy atom. The molecule has 4 aromatic heterocycles. The average Bonchev–Trinajstić information content (AvgIpc) is 3.91. The Morgan fingerprint density at radius 1 is 0.520 bits per heavy atom. The zero-order valence-corrected chi connectivity index (χ0v) is 26.3. The predicted octanol–water partition coefficient (Wildman–Crippen LogP) is 12.1. The fourth-order valence-electron chi connectivity index (χ4n) is 8.13. The third-order valence-electron chi connectivity index (χ3n) is 10.2. The Hall–Kier alpha value is -7.28. The van der Waals surface area contributed by atoms with Crippen molar-refractivity contribution in [3.05, 3.63) is 150 Å². The molecule has 50 heavy (non-hydrogen) atoms. The second-order valence-corrected chi connectivity index (χ2v) is 12.7. The predicted molar refractivity (Wildman–Crippen MR) is 201 cm³/mol. The van der Waals surface area contributed by atoms with E-state index in [1.165, 1.54) is 0 Å². The number of hydrogen-bond acceptors (Lipinski definition) is 3. The summed E-state index contributed by atoms with van der Waals surface area (Å²) in [6, 6.07) is 47.1. The monoisotopic (exact) mass is 638 g/mol. The highest BCUT2D eigenvalue weighted by Crippen LogP contribution is 2.45. The van der Waals surface area contributed by atoms with Crippen LogP contribution in [0, 0.1) is 17.9 Å². The van der Waals surface area contributed by atoms with Crippen LogP contribution in [0.1, 0.15) is 5.56 Å². The molecule has 0 N–H and O–H groups in total. The van der Waals surface area contributed by atoms with E-state index in [4.69, 9.17) is 15.4 Å². The van der Waals surface area contributed by atoms with Crippen molar-refractivity contribution in [1.29, 1.82) is 5.26 Å². The number of para-hydroxylation sites is 4. The van der Waals surface area contributed by atoms with E-state index in [9.17, 15) is 5.26 Å². The lowest BCUT2D eigenvalue weighted by atomic mass is 10.1. The van der Waals surface area contributed by atoms with Crippen molar-refractivity contribution in [3.63, 3.8) is 0 Å². The van der Waals surface area contributed by atoms with Gasteiger partial charge in [0.2, 0.25) is 5.69 Å². The van der Waals surface area contributed by atoms with Crippen molar-refractivity contribution in [2.45, 2.75) is 0 Å². The summed E-state index contributed by atoms with van der Waals surface area (Å²) < 4.78 is 17.2. The van der Waals surface area contributed by atoms with Gasteiger partial charge in [-0.15, -0.1) is 0 Å². The Morgan fingerprint density at radius 2 is 1.02 bits per heavy atom. The first-order valence-corrected chi connectivity index (χ1v) is 16.4. The second kappa shape index (κ2) is 9.64. The minimum absolute atomic E-state index is 0.377. The lowest BCUT2D eigenvalue weighted by Crippen LogP contribution is -2.01. The molecule has 0 amide bonds. The van der Waals surface area contributed by atoms with Crippen LogP contribution in [0.5, 0.6) is 0 Å². The third kappa shape index (κ3) is 3.34. The van der Waals surface area contributed by atoms with Crippen LogP contribution in [0.2, 0.25) is 0 Å². The summed E-state index contributed by atoms with van der Waals surface area (Å²) in [5, 5.41) is 19.0. The molecule has 230 valence electrons. The summed E-state index contributed by atoms with van der Waals surface area (Å²) in [7, 11) is 0. The molecule has 7 aromatic carbocycles. The topological polar surface area (TPSA) is 64.3 Å². The molecule has 0 aliphatic carbocycles. The van der Waals surface area contributed by atoms with Gasteiger partial charge in [-0.05, 0) is 60.7 Å². The molecule has 0 saturated carbocycles. The van der Waals surface area contributed by atoms with E-state index in [1.54, 1.807) is 0 Å². The summed E-state index contributed by atoms with van der Waals surface area (Å²) >= 11 is 0. The van der Waals surface area contributed by atoms with Crippen LogP contribution in [-0.2, 0) is 0 Å².